The van der Waals surface area contributed by atoms with Crippen LogP contribution in [-0.4, -0.2) is 30.8 Å². The Balaban J connectivity index is 2.16. The number of carboxylic acid groups (broad SMARTS) is 1. The lowest BCUT2D eigenvalue weighted by atomic mass is 10.3. The molecule has 3 aromatic rings. The van der Waals surface area contributed by atoms with Crippen molar-refractivity contribution in [1.82, 2.24) is 19.7 Å². The second-order valence-corrected chi connectivity index (χ2v) is 3.96. The number of rotatable bonds is 2. The standard InChI is InChI=1S/C12H10N4O2/c1-16-11(6-10(15-16)12(17)18)9-5-8-7(14-9)3-2-4-13-8/h2-6,14H,1H3,(H,17,18). The molecular weight excluding hydrogens is 232 g/mol. The topological polar surface area (TPSA) is 83.8 Å². The number of nitrogens with one attached hydrogen (secondary N) is 1. The van der Waals surface area contributed by atoms with Crippen LogP contribution in [0.3, 0.4) is 0 Å². The van der Waals surface area contributed by atoms with Gasteiger partial charge >= 0.3 is 5.97 Å². The van der Waals surface area contributed by atoms with E-state index in [1.54, 1.807) is 13.2 Å². The third-order valence-electron chi connectivity index (χ3n) is 2.76. The molecule has 0 aliphatic heterocycles. The highest BCUT2D eigenvalue weighted by Crippen LogP contribution is 2.23. The summed E-state index contributed by atoms with van der Waals surface area (Å²) in [5, 5.41) is 12.8. The second-order valence-electron chi connectivity index (χ2n) is 3.96. The van der Waals surface area contributed by atoms with Gasteiger partial charge < -0.3 is 10.1 Å². The molecule has 0 radical (unpaired) electrons. The molecule has 6 heteroatoms. The van der Waals surface area contributed by atoms with Crippen LogP contribution in [0.25, 0.3) is 22.4 Å². The lowest BCUT2D eigenvalue weighted by Gasteiger charge is -1.96. The minimum absolute atomic E-state index is 0.0270. The maximum atomic E-state index is 10.9. The van der Waals surface area contributed by atoms with E-state index in [2.05, 4.69) is 15.1 Å². The third kappa shape index (κ3) is 1.55. The summed E-state index contributed by atoms with van der Waals surface area (Å²) in [5.74, 6) is -1.04. The fourth-order valence-electron chi connectivity index (χ4n) is 1.92. The van der Waals surface area contributed by atoms with Gasteiger partial charge in [0, 0.05) is 19.3 Å². The van der Waals surface area contributed by atoms with Crippen molar-refractivity contribution in [2.45, 2.75) is 0 Å². The van der Waals surface area contributed by atoms with Gasteiger partial charge in [0.25, 0.3) is 0 Å². The van der Waals surface area contributed by atoms with Gasteiger partial charge in [0.15, 0.2) is 5.69 Å². The fourth-order valence-corrected chi connectivity index (χ4v) is 1.92. The van der Waals surface area contributed by atoms with Crippen LogP contribution in [0.4, 0.5) is 0 Å². The van der Waals surface area contributed by atoms with Crippen LogP contribution in [0.2, 0.25) is 0 Å². The Bertz CT molecular complexity index is 708. The molecule has 3 heterocycles. The maximum absolute atomic E-state index is 10.9. The van der Waals surface area contributed by atoms with Gasteiger partial charge in [0.05, 0.1) is 22.4 Å². The molecule has 0 bridgehead atoms. The molecule has 0 amide bonds. The molecule has 3 rings (SSSR count). The number of pyridine rings is 1. The third-order valence-corrected chi connectivity index (χ3v) is 2.76. The fraction of sp³-hybridized carbons (Fsp3) is 0.0833. The van der Waals surface area contributed by atoms with Crippen molar-refractivity contribution in [2.75, 3.05) is 0 Å². The SMILES string of the molecule is Cn1nc(C(=O)O)cc1-c1cc2ncccc2[nH]1. The quantitative estimate of drug-likeness (QED) is 0.715. The number of hydrogen-bond acceptors (Lipinski definition) is 3. The van der Waals surface area contributed by atoms with Crippen molar-refractivity contribution in [3.05, 3.63) is 36.2 Å². The van der Waals surface area contributed by atoms with Crippen LogP contribution >= 0.6 is 0 Å². The summed E-state index contributed by atoms with van der Waals surface area (Å²) in [4.78, 5) is 18.3. The summed E-state index contributed by atoms with van der Waals surface area (Å²) in [6.07, 6.45) is 1.71. The van der Waals surface area contributed by atoms with Crippen molar-refractivity contribution >= 4 is 17.0 Å². The van der Waals surface area contributed by atoms with Crippen molar-refractivity contribution in [2.24, 2.45) is 7.05 Å². The minimum atomic E-state index is -1.04. The number of aromatic carboxylic acids is 1. The Hall–Kier alpha value is -2.63. The minimum Gasteiger partial charge on any atom is -0.476 e. The molecule has 0 saturated heterocycles. The first kappa shape index (κ1) is 10.5. The van der Waals surface area contributed by atoms with Gasteiger partial charge in [-0.25, -0.2) is 4.79 Å². The highest BCUT2D eigenvalue weighted by molar-refractivity contribution is 5.88. The first-order valence-electron chi connectivity index (χ1n) is 5.36. The van der Waals surface area contributed by atoms with Gasteiger partial charge in [-0.3, -0.25) is 9.67 Å². The van der Waals surface area contributed by atoms with Crippen LogP contribution < -0.4 is 0 Å². The number of aromatic nitrogens is 4. The number of nitrogens with zero attached hydrogens (tertiary/aromatic N) is 3. The van der Waals surface area contributed by atoms with E-state index in [4.69, 9.17) is 5.11 Å². The Labute approximate surface area is 102 Å². The average molecular weight is 242 g/mol. The lowest BCUT2D eigenvalue weighted by Crippen LogP contribution is -1.99. The molecule has 2 N–H and O–H groups in total. The van der Waals surface area contributed by atoms with Crippen LogP contribution in [0.1, 0.15) is 10.5 Å². The highest BCUT2D eigenvalue weighted by atomic mass is 16.4. The molecule has 3 aromatic heterocycles. The van der Waals surface area contributed by atoms with E-state index < -0.39 is 5.97 Å². The maximum Gasteiger partial charge on any atom is 0.356 e. The molecule has 0 saturated carbocycles. The van der Waals surface area contributed by atoms with E-state index in [0.717, 1.165) is 16.7 Å². The predicted molar refractivity (Wildman–Crippen MR) is 65.3 cm³/mol. The van der Waals surface area contributed by atoms with Gasteiger partial charge in [0.2, 0.25) is 0 Å². The number of carboxylic acids is 1. The zero-order chi connectivity index (χ0) is 12.7. The molecule has 0 aliphatic rings. The van der Waals surface area contributed by atoms with E-state index >= 15 is 0 Å². The Morgan fingerprint density at radius 2 is 2.28 bits per heavy atom. The number of H-pyrrole nitrogens is 1. The molecule has 0 fully saturated rings. The molecule has 0 unspecified atom stereocenters. The molecule has 90 valence electrons. The zero-order valence-corrected chi connectivity index (χ0v) is 9.58. The molecular formula is C12H10N4O2. The first-order valence-corrected chi connectivity index (χ1v) is 5.36. The van der Waals surface area contributed by atoms with Crippen LogP contribution in [-0.2, 0) is 7.05 Å². The van der Waals surface area contributed by atoms with Crippen molar-refractivity contribution in [1.29, 1.82) is 0 Å². The summed E-state index contributed by atoms with van der Waals surface area (Å²) in [6, 6.07) is 7.17. The van der Waals surface area contributed by atoms with Gasteiger partial charge in [0.1, 0.15) is 0 Å². The normalized spacial score (nSPS) is 10.9. The smallest absolute Gasteiger partial charge is 0.356 e. The number of hydrogen-bond donors (Lipinski definition) is 2. The summed E-state index contributed by atoms with van der Waals surface area (Å²) in [5.41, 5.74) is 3.28. The Kier molecular flexibility index (Phi) is 2.16. The van der Waals surface area contributed by atoms with Crippen LogP contribution in [0.15, 0.2) is 30.5 Å². The molecule has 0 aromatic carbocycles. The lowest BCUT2D eigenvalue weighted by molar-refractivity contribution is 0.0689. The highest BCUT2D eigenvalue weighted by Gasteiger charge is 2.14. The molecule has 0 spiro atoms. The predicted octanol–water partition coefficient (Wildman–Crippen LogP) is 1.66. The number of carbonyl (C=O) groups is 1. The zero-order valence-electron chi connectivity index (χ0n) is 9.58. The monoisotopic (exact) mass is 242 g/mol. The first-order chi connectivity index (χ1) is 8.65. The van der Waals surface area contributed by atoms with E-state index in [1.165, 1.54) is 10.7 Å². The Morgan fingerprint density at radius 1 is 1.44 bits per heavy atom. The second kappa shape index (κ2) is 3.69. The van der Waals surface area contributed by atoms with E-state index in [-0.39, 0.29) is 5.69 Å². The summed E-state index contributed by atoms with van der Waals surface area (Å²) in [7, 11) is 1.71. The number of aryl methyl sites for hydroxylation is 1. The van der Waals surface area contributed by atoms with Gasteiger partial charge in [-0.1, -0.05) is 0 Å². The van der Waals surface area contributed by atoms with Gasteiger partial charge in [-0.2, -0.15) is 5.10 Å². The average Bonchev–Trinajstić information content (AvgIpc) is 2.91. The Morgan fingerprint density at radius 3 is 2.94 bits per heavy atom. The number of fused-ring (bicyclic) bond motifs is 1. The van der Waals surface area contributed by atoms with E-state index in [1.807, 2.05) is 18.2 Å². The van der Waals surface area contributed by atoms with Crippen LogP contribution in [0, 0.1) is 0 Å². The molecule has 0 aliphatic carbocycles. The van der Waals surface area contributed by atoms with Crippen molar-refractivity contribution in [3.8, 4) is 11.4 Å². The van der Waals surface area contributed by atoms with Gasteiger partial charge in [-0.05, 0) is 18.2 Å². The van der Waals surface area contributed by atoms with Gasteiger partial charge in [-0.15, -0.1) is 0 Å². The molecule has 0 atom stereocenters. The summed E-state index contributed by atoms with van der Waals surface area (Å²) < 4.78 is 1.54. The molecule has 18 heavy (non-hydrogen) atoms. The largest absolute Gasteiger partial charge is 0.476 e. The van der Waals surface area contributed by atoms with Crippen molar-refractivity contribution in [3.63, 3.8) is 0 Å². The van der Waals surface area contributed by atoms with E-state index in [9.17, 15) is 4.79 Å². The summed E-state index contributed by atoms with van der Waals surface area (Å²) >= 11 is 0. The summed E-state index contributed by atoms with van der Waals surface area (Å²) in [6.45, 7) is 0. The molecule has 6 nitrogen and oxygen atoms in total. The van der Waals surface area contributed by atoms with E-state index in [0.29, 0.717) is 5.69 Å². The van der Waals surface area contributed by atoms with Crippen LogP contribution in [0.5, 0.6) is 0 Å². The number of aromatic amines is 1. The van der Waals surface area contributed by atoms with Crippen molar-refractivity contribution < 1.29 is 9.90 Å².